The van der Waals surface area contributed by atoms with E-state index in [4.69, 9.17) is 5.73 Å². The highest BCUT2D eigenvalue weighted by Gasteiger charge is 2.25. The smallest absolute Gasteiger partial charge is 0.132 e. The van der Waals surface area contributed by atoms with Gasteiger partial charge in [-0.1, -0.05) is 0 Å². The first-order valence-electron chi connectivity index (χ1n) is 7.09. The van der Waals surface area contributed by atoms with Crippen LogP contribution in [-0.4, -0.2) is 39.1 Å². The molecule has 0 spiro atoms. The van der Waals surface area contributed by atoms with Gasteiger partial charge in [0, 0.05) is 30.4 Å². The van der Waals surface area contributed by atoms with Crippen LogP contribution in [-0.2, 0) is 0 Å². The van der Waals surface area contributed by atoms with E-state index in [1.165, 1.54) is 0 Å². The average molecular weight is 271 g/mol. The van der Waals surface area contributed by atoms with Crippen LogP contribution in [0.4, 0.5) is 5.82 Å². The zero-order valence-corrected chi connectivity index (χ0v) is 12.0. The lowest BCUT2D eigenvalue weighted by atomic mass is 9.98. The number of hydrogen-bond acceptors (Lipinski definition) is 4. The lowest BCUT2D eigenvalue weighted by Gasteiger charge is -2.36. The van der Waals surface area contributed by atoms with E-state index in [0.29, 0.717) is 17.9 Å². The number of pyridine rings is 1. The first kappa shape index (κ1) is 13.1. The molecule has 0 bridgehead atoms. The minimum atomic E-state index is 0.485. The number of aromatic nitrogens is 3. The maximum atomic E-state index is 6.00. The third-order valence-corrected chi connectivity index (χ3v) is 4.35. The molecule has 1 saturated heterocycles. The molecule has 2 aromatic rings. The average Bonchev–Trinajstić information content (AvgIpc) is 2.91. The molecule has 1 fully saturated rings. The van der Waals surface area contributed by atoms with Gasteiger partial charge in [0.05, 0.1) is 18.2 Å². The van der Waals surface area contributed by atoms with E-state index < -0.39 is 0 Å². The first-order valence-corrected chi connectivity index (χ1v) is 7.09. The van der Waals surface area contributed by atoms with Gasteiger partial charge in [0.25, 0.3) is 0 Å². The Balaban J connectivity index is 1.93. The van der Waals surface area contributed by atoms with Crippen molar-refractivity contribution in [3.8, 4) is 11.3 Å². The summed E-state index contributed by atoms with van der Waals surface area (Å²) in [5, 5.41) is 0. The van der Waals surface area contributed by atoms with Gasteiger partial charge in [-0.2, -0.15) is 0 Å². The Bertz CT molecular complexity index is 591. The van der Waals surface area contributed by atoms with Crippen molar-refractivity contribution in [2.24, 2.45) is 0 Å². The van der Waals surface area contributed by atoms with Crippen molar-refractivity contribution in [3.05, 3.63) is 30.9 Å². The standard InChI is InChI=1S/C15H21N5/c1-11-8-12(5-7-19(11)2)20-10-17-9-14(20)13-4-3-6-18-15(13)16/h3-4,6,9-12H,5,7-8H2,1-2H3,(H2,16,18). The van der Waals surface area contributed by atoms with Gasteiger partial charge in [-0.05, 0) is 38.9 Å². The summed E-state index contributed by atoms with van der Waals surface area (Å²) < 4.78 is 2.26. The fourth-order valence-corrected chi connectivity index (χ4v) is 2.96. The molecule has 5 heteroatoms. The maximum absolute atomic E-state index is 6.00. The number of nitrogens with zero attached hydrogens (tertiary/aromatic N) is 4. The van der Waals surface area contributed by atoms with Crippen LogP contribution in [0.15, 0.2) is 30.9 Å². The SMILES string of the molecule is CC1CC(n2cncc2-c2cccnc2N)CCN1C. The van der Waals surface area contributed by atoms with Crippen molar-refractivity contribution >= 4 is 5.82 Å². The Morgan fingerprint density at radius 2 is 2.25 bits per heavy atom. The third-order valence-electron chi connectivity index (χ3n) is 4.35. The van der Waals surface area contributed by atoms with Crippen LogP contribution in [0, 0.1) is 0 Å². The molecular weight excluding hydrogens is 250 g/mol. The third kappa shape index (κ3) is 2.29. The van der Waals surface area contributed by atoms with Crippen molar-refractivity contribution in [3.63, 3.8) is 0 Å². The van der Waals surface area contributed by atoms with Crippen molar-refractivity contribution in [2.45, 2.75) is 31.8 Å². The van der Waals surface area contributed by atoms with E-state index in [0.717, 1.165) is 30.6 Å². The highest BCUT2D eigenvalue weighted by Crippen LogP contribution is 2.32. The molecule has 2 N–H and O–H groups in total. The van der Waals surface area contributed by atoms with Crippen molar-refractivity contribution in [1.82, 2.24) is 19.4 Å². The molecule has 3 rings (SSSR count). The molecule has 0 radical (unpaired) electrons. The summed E-state index contributed by atoms with van der Waals surface area (Å²) in [7, 11) is 2.19. The van der Waals surface area contributed by atoms with Crippen molar-refractivity contribution in [2.75, 3.05) is 19.3 Å². The number of hydrogen-bond donors (Lipinski definition) is 1. The minimum absolute atomic E-state index is 0.485. The Kier molecular flexibility index (Phi) is 3.44. The summed E-state index contributed by atoms with van der Waals surface area (Å²) in [6.07, 6.45) is 7.81. The maximum Gasteiger partial charge on any atom is 0.132 e. The molecular formula is C15H21N5. The van der Waals surface area contributed by atoms with Crippen LogP contribution < -0.4 is 5.73 Å². The van der Waals surface area contributed by atoms with Crippen molar-refractivity contribution in [1.29, 1.82) is 0 Å². The molecule has 2 aromatic heterocycles. The van der Waals surface area contributed by atoms with E-state index in [1.54, 1.807) is 6.20 Å². The number of nitrogen functional groups attached to an aromatic ring is 1. The second-order valence-corrected chi connectivity index (χ2v) is 5.63. The van der Waals surface area contributed by atoms with Gasteiger partial charge in [0.1, 0.15) is 5.82 Å². The molecule has 1 aliphatic heterocycles. The number of likely N-dealkylation sites (tertiary alicyclic amines) is 1. The lowest BCUT2D eigenvalue weighted by Crippen LogP contribution is -2.38. The Labute approximate surface area is 119 Å². The summed E-state index contributed by atoms with van der Waals surface area (Å²) >= 11 is 0. The van der Waals surface area contributed by atoms with Crippen LogP contribution in [0.1, 0.15) is 25.8 Å². The molecule has 0 aliphatic carbocycles. The number of anilines is 1. The van der Waals surface area contributed by atoms with E-state index in [9.17, 15) is 0 Å². The van der Waals surface area contributed by atoms with Crippen LogP contribution in [0.2, 0.25) is 0 Å². The molecule has 0 saturated carbocycles. The van der Waals surface area contributed by atoms with Gasteiger partial charge in [-0.25, -0.2) is 9.97 Å². The van der Waals surface area contributed by atoms with E-state index in [1.807, 2.05) is 24.7 Å². The molecule has 20 heavy (non-hydrogen) atoms. The van der Waals surface area contributed by atoms with Crippen LogP contribution in [0.3, 0.4) is 0 Å². The van der Waals surface area contributed by atoms with Crippen LogP contribution in [0.5, 0.6) is 0 Å². The number of piperidine rings is 1. The second kappa shape index (κ2) is 5.25. The first-order chi connectivity index (χ1) is 9.66. The summed E-state index contributed by atoms with van der Waals surface area (Å²) in [6.45, 7) is 3.40. The molecule has 2 unspecified atom stereocenters. The van der Waals surface area contributed by atoms with Crippen LogP contribution >= 0.6 is 0 Å². The number of imidazole rings is 1. The molecule has 5 nitrogen and oxygen atoms in total. The van der Waals surface area contributed by atoms with Crippen molar-refractivity contribution < 1.29 is 0 Å². The zero-order valence-electron chi connectivity index (χ0n) is 12.0. The Morgan fingerprint density at radius 1 is 1.40 bits per heavy atom. The zero-order chi connectivity index (χ0) is 14.1. The van der Waals surface area contributed by atoms with Crippen LogP contribution in [0.25, 0.3) is 11.3 Å². The fourth-order valence-electron chi connectivity index (χ4n) is 2.96. The number of nitrogens with two attached hydrogens (primary N) is 1. The predicted molar refractivity (Wildman–Crippen MR) is 80.2 cm³/mol. The quantitative estimate of drug-likeness (QED) is 0.909. The molecule has 106 valence electrons. The number of rotatable bonds is 2. The predicted octanol–water partition coefficient (Wildman–Crippen LogP) is 2.18. The Hall–Kier alpha value is -1.88. The molecule has 0 aromatic carbocycles. The van der Waals surface area contributed by atoms with Gasteiger partial charge < -0.3 is 15.2 Å². The summed E-state index contributed by atoms with van der Waals surface area (Å²) in [5.74, 6) is 0.565. The lowest BCUT2D eigenvalue weighted by molar-refractivity contribution is 0.157. The van der Waals surface area contributed by atoms with Gasteiger partial charge in [-0.15, -0.1) is 0 Å². The van der Waals surface area contributed by atoms with Gasteiger partial charge in [0.2, 0.25) is 0 Å². The normalized spacial score (nSPS) is 23.9. The van der Waals surface area contributed by atoms with E-state index in [-0.39, 0.29) is 0 Å². The minimum Gasteiger partial charge on any atom is -0.383 e. The fraction of sp³-hybridized carbons (Fsp3) is 0.467. The van der Waals surface area contributed by atoms with Gasteiger partial charge >= 0.3 is 0 Å². The topological polar surface area (TPSA) is 60.0 Å². The molecule has 3 heterocycles. The largest absolute Gasteiger partial charge is 0.383 e. The van der Waals surface area contributed by atoms with Gasteiger partial charge in [0.15, 0.2) is 0 Å². The molecule has 1 aliphatic rings. The summed E-state index contributed by atoms with van der Waals surface area (Å²) in [4.78, 5) is 10.9. The van der Waals surface area contributed by atoms with E-state index in [2.05, 4.69) is 33.4 Å². The summed E-state index contributed by atoms with van der Waals surface area (Å²) in [6, 6.07) is 5.00. The van der Waals surface area contributed by atoms with E-state index >= 15 is 0 Å². The molecule has 2 atom stereocenters. The highest BCUT2D eigenvalue weighted by molar-refractivity contribution is 5.70. The van der Waals surface area contributed by atoms with Gasteiger partial charge in [-0.3, -0.25) is 0 Å². The molecule has 0 amide bonds. The summed E-state index contributed by atoms with van der Waals surface area (Å²) in [5.41, 5.74) is 8.04. The monoisotopic (exact) mass is 271 g/mol. The second-order valence-electron chi connectivity index (χ2n) is 5.63. The highest BCUT2D eigenvalue weighted by atomic mass is 15.2. The Morgan fingerprint density at radius 3 is 3.00 bits per heavy atom.